The summed E-state index contributed by atoms with van der Waals surface area (Å²) in [5, 5.41) is 0. The van der Waals surface area contributed by atoms with E-state index in [1.807, 2.05) is 4.90 Å². The fourth-order valence-corrected chi connectivity index (χ4v) is 1.85. The normalized spacial score (nSPS) is 24.5. The van der Waals surface area contributed by atoms with E-state index < -0.39 is 0 Å². The number of allylic oxidation sites excluding steroid dienone is 2. The highest BCUT2D eigenvalue weighted by Crippen LogP contribution is 2.25. The van der Waals surface area contributed by atoms with E-state index in [2.05, 4.69) is 6.08 Å². The van der Waals surface area contributed by atoms with Gasteiger partial charge in [-0.1, -0.05) is 6.08 Å². The Kier molecular flexibility index (Phi) is 1.68. The summed E-state index contributed by atoms with van der Waals surface area (Å²) in [5.74, 6) is 0.339. The molecule has 1 amide bonds. The largest absolute Gasteiger partial charge is 0.317 e. The number of rotatable bonds is 0. The van der Waals surface area contributed by atoms with Gasteiger partial charge < -0.3 is 4.90 Å². The van der Waals surface area contributed by atoms with Gasteiger partial charge in [0.1, 0.15) is 0 Å². The lowest BCUT2D eigenvalue weighted by Gasteiger charge is -2.14. The predicted molar refractivity (Wildman–Crippen MR) is 42.9 cm³/mol. The summed E-state index contributed by atoms with van der Waals surface area (Å²) in [4.78, 5) is 13.3. The van der Waals surface area contributed by atoms with Crippen LogP contribution in [0.3, 0.4) is 0 Å². The van der Waals surface area contributed by atoms with Gasteiger partial charge >= 0.3 is 0 Å². The quantitative estimate of drug-likeness (QED) is 0.515. The first kappa shape index (κ1) is 6.89. The first-order valence-electron chi connectivity index (χ1n) is 4.37. The second-order valence-corrected chi connectivity index (χ2v) is 3.24. The monoisotopic (exact) mass is 151 g/mol. The van der Waals surface area contributed by atoms with E-state index in [1.165, 1.54) is 5.70 Å². The van der Waals surface area contributed by atoms with Crippen molar-refractivity contribution in [2.75, 3.05) is 6.54 Å². The highest BCUT2D eigenvalue weighted by atomic mass is 16.2. The lowest BCUT2D eigenvalue weighted by Crippen LogP contribution is -2.24. The first-order chi connectivity index (χ1) is 5.38. The molecule has 2 nitrogen and oxygen atoms in total. The van der Waals surface area contributed by atoms with Gasteiger partial charge in [-0.2, -0.15) is 0 Å². The molecule has 0 radical (unpaired) electrons. The lowest BCUT2D eigenvalue weighted by molar-refractivity contribution is -0.128. The van der Waals surface area contributed by atoms with Gasteiger partial charge in [0, 0.05) is 18.7 Å². The zero-order chi connectivity index (χ0) is 7.68. The van der Waals surface area contributed by atoms with Crippen LogP contribution < -0.4 is 0 Å². The third-order valence-electron chi connectivity index (χ3n) is 2.44. The Bertz CT molecular complexity index is 208. The summed E-state index contributed by atoms with van der Waals surface area (Å²) in [7, 11) is 0. The number of hydrogen-bond acceptors (Lipinski definition) is 1. The Morgan fingerprint density at radius 1 is 1.27 bits per heavy atom. The van der Waals surface area contributed by atoms with Gasteiger partial charge in [-0.15, -0.1) is 0 Å². The van der Waals surface area contributed by atoms with Crippen molar-refractivity contribution in [1.82, 2.24) is 4.90 Å². The van der Waals surface area contributed by atoms with E-state index in [0.717, 1.165) is 38.6 Å². The predicted octanol–water partition coefficient (Wildman–Crippen LogP) is 1.68. The molecule has 0 aromatic heterocycles. The van der Waals surface area contributed by atoms with Crippen LogP contribution in [0.2, 0.25) is 0 Å². The SMILES string of the molecule is O=C1CCCC=C2CCCN12. The molecule has 0 bridgehead atoms. The maximum atomic E-state index is 11.4. The van der Waals surface area contributed by atoms with Crippen LogP contribution in [-0.4, -0.2) is 17.4 Å². The van der Waals surface area contributed by atoms with E-state index in [-0.39, 0.29) is 0 Å². The lowest BCUT2D eigenvalue weighted by atomic mass is 10.2. The number of nitrogens with zero attached hydrogens (tertiary/aromatic N) is 1. The van der Waals surface area contributed by atoms with Crippen LogP contribution in [-0.2, 0) is 4.79 Å². The molecule has 0 aliphatic carbocycles. The minimum atomic E-state index is 0.339. The molecule has 1 saturated heterocycles. The van der Waals surface area contributed by atoms with Crippen molar-refractivity contribution in [3.05, 3.63) is 11.8 Å². The van der Waals surface area contributed by atoms with E-state index >= 15 is 0 Å². The van der Waals surface area contributed by atoms with Crippen LogP contribution in [0.25, 0.3) is 0 Å². The van der Waals surface area contributed by atoms with Gasteiger partial charge in [0.2, 0.25) is 5.91 Å². The minimum absolute atomic E-state index is 0.339. The maximum absolute atomic E-state index is 11.4. The van der Waals surface area contributed by atoms with Crippen LogP contribution in [0.1, 0.15) is 32.1 Å². The molecule has 11 heavy (non-hydrogen) atoms. The molecule has 2 aliphatic heterocycles. The number of carbonyl (C=O) groups is 1. The van der Waals surface area contributed by atoms with E-state index in [9.17, 15) is 4.79 Å². The number of hydrogen-bond donors (Lipinski definition) is 0. The molecular weight excluding hydrogens is 138 g/mol. The van der Waals surface area contributed by atoms with Crippen LogP contribution in [0, 0.1) is 0 Å². The number of carbonyl (C=O) groups excluding carboxylic acids is 1. The standard InChI is InChI=1S/C9H13NO/c11-9-6-2-1-4-8-5-3-7-10(8)9/h4H,1-3,5-7H2. The van der Waals surface area contributed by atoms with Gasteiger partial charge in [0.25, 0.3) is 0 Å². The first-order valence-corrected chi connectivity index (χ1v) is 4.37. The molecule has 0 saturated carbocycles. The molecule has 2 rings (SSSR count). The zero-order valence-electron chi connectivity index (χ0n) is 6.68. The Labute approximate surface area is 66.9 Å². The zero-order valence-corrected chi connectivity index (χ0v) is 6.68. The van der Waals surface area contributed by atoms with Gasteiger partial charge in [-0.05, 0) is 25.7 Å². The van der Waals surface area contributed by atoms with Gasteiger partial charge in [0.05, 0.1) is 0 Å². The average Bonchev–Trinajstić information content (AvgIpc) is 2.40. The topological polar surface area (TPSA) is 20.3 Å². The summed E-state index contributed by atoms with van der Waals surface area (Å²) < 4.78 is 0. The van der Waals surface area contributed by atoms with Crippen molar-refractivity contribution in [2.45, 2.75) is 32.1 Å². The molecule has 2 heteroatoms. The second kappa shape index (κ2) is 2.68. The summed E-state index contributed by atoms with van der Waals surface area (Å²) >= 11 is 0. The smallest absolute Gasteiger partial charge is 0.226 e. The van der Waals surface area contributed by atoms with Gasteiger partial charge in [-0.3, -0.25) is 4.79 Å². The fraction of sp³-hybridized carbons (Fsp3) is 0.667. The van der Waals surface area contributed by atoms with Crippen molar-refractivity contribution in [3.8, 4) is 0 Å². The second-order valence-electron chi connectivity index (χ2n) is 3.24. The molecule has 0 spiro atoms. The van der Waals surface area contributed by atoms with Crippen molar-refractivity contribution in [1.29, 1.82) is 0 Å². The highest BCUT2D eigenvalue weighted by Gasteiger charge is 2.23. The van der Waals surface area contributed by atoms with Crippen molar-refractivity contribution < 1.29 is 4.79 Å². The summed E-state index contributed by atoms with van der Waals surface area (Å²) in [6, 6.07) is 0. The molecule has 2 aliphatic rings. The minimum Gasteiger partial charge on any atom is -0.317 e. The maximum Gasteiger partial charge on any atom is 0.226 e. The van der Waals surface area contributed by atoms with E-state index in [1.54, 1.807) is 0 Å². The van der Waals surface area contributed by atoms with E-state index in [0.29, 0.717) is 5.91 Å². The molecule has 60 valence electrons. The fourth-order valence-electron chi connectivity index (χ4n) is 1.85. The van der Waals surface area contributed by atoms with Crippen LogP contribution in [0.5, 0.6) is 0 Å². The number of amides is 1. The summed E-state index contributed by atoms with van der Waals surface area (Å²) in [6.45, 7) is 0.963. The molecule has 2 heterocycles. The van der Waals surface area contributed by atoms with Crippen molar-refractivity contribution in [3.63, 3.8) is 0 Å². The van der Waals surface area contributed by atoms with Crippen molar-refractivity contribution >= 4 is 5.91 Å². The van der Waals surface area contributed by atoms with Gasteiger partial charge in [0.15, 0.2) is 0 Å². The van der Waals surface area contributed by atoms with Crippen LogP contribution in [0.4, 0.5) is 0 Å². The summed E-state index contributed by atoms with van der Waals surface area (Å²) in [6.07, 6.45) is 7.40. The Morgan fingerprint density at radius 3 is 3.09 bits per heavy atom. The molecule has 0 aromatic carbocycles. The average molecular weight is 151 g/mol. The molecule has 0 atom stereocenters. The third kappa shape index (κ3) is 1.17. The Balaban J connectivity index is 2.22. The molecule has 1 fully saturated rings. The molecular formula is C9H13NO. The molecule has 0 N–H and O–H groups in total. The summed E-state index contributed by atoms with van der Waals surface area (Å²) in [5.41, 5.74) is 1.28. The highest BCUT2D eigenvalue weighted by molar-refractivity contribution is 5.78. The molecule has 0 unspecified atom stereocenters. The van der Waals surface area contributed by atoms with Gasteiger partial charge in [-0.25, -0.2) is 0 Å². The number of fused-ring (bicyclic) bond motifs is 1. The Morgan fingerprint density at radius 2 is 2.18 bits per heavy atom. The Hall–Kier alpha value is -0.790. The molecule has 0 aromatic rings. The van der Waals surface area contributed by atoms with Crippen molar-refractivity contribution in [2.24, 2.45) is 0 Å². The van der Waals surface area contributed by atoms with Crippen LogP contribution >= 0.6 is 0 Å². The third-order valence-corrected chi connectivity index (χ3v) is 2.44. The van der Waals surface area contributed by atoms with E-state index in [4.69, 9.17) is 0 Å². The van der Waals surface area contributed by atoms with Crippen LogP contribution in [0.15, 0.2) is 11.8 Å².